The van der Waals surface area contributed by atoms with Crippen LogP contribution in [-0.4, -0.2) is 26.2 Å². The molecule has 0 unspecified atom stereocenters. The lowest BCUT2D eigenvalue weighted by Gasteiger charge is -2.38. The number of nitrogen functional groups attached to an aromatic ring is 2. The van der Waals surface area contributed by atoms with Crippen LogP contribution >= 0.6 is 0 Å². The highest BCUT2D eigenvalue weighted by Crippen LogP contribution is 2.28. The minimum Gasteiger partial charge on any atom is -0.399 e. The zero-order valence-electron chi connectivity index (χ0n) is 14.0. The fraction of sp³-hybridized carbons (Fsp3) is 0.368. The maximum Gasteiger partial charge on any atom is 0.0401 e. The summed E-state index contributed by atoms with van der Waals surface area (Å²) in [5.74, 6) is 0. The molecule has 0 aliphatic carbocycles. The van der Waals surface area contributed by atoms with E-state index in [1.165, 1.54) is 22.5 Å². The van der Waals surface area contributed by atoms with Gasteiger partial charge in [0.15, 0.2) is 0 Å². The number of piperazine rings is 1. The smallest absolute Gasteiger partial charge is 0.0401 e. The van der Waals surface area contributed by atoms with Crippen LogP contribution in [0.1, 0.15) is 18.1 Å². The van der Waals surface area contributed by atoms with Crippen LogP contribution < -0.4 is 21.3 Å². The van der Waals surface area contributed by atoms with Crippen molar-refractivity contribution in [3.05, 3.63) is 47.5 Å². The van der Waals surface area contributed by atoms with Gasteiger partial charge in [-0.3, -0.25) is 0 Å². The van der Waals surface area contributed by atoms with Gasteiger partial charge in [-0.15, -0.1) is 0 Å². The van der Waals surface area contributed by atoms with Crippen LogP contribution in [0.5, 0.6) is 0 Å². The Kier molecular flexibility index (Phi) is 4.33. The van der Waals surface area contributed by atoms with E-state index < -0.39 is 0 Å². The highest BCUT2D eigenvalue weighted by molar-refractivity contribution is 5.63. The van der Waals surface area contributed by atoms with Crippen molar-refractivity contribution in [1.29, 1.82) is 0 Å². The fourth-order valence-electron chi connectivity index (χ4n) is 3.42. The molecular weight excluding hydrogens is 284 g/mol. The number of nitrogens with zero attached hydrogens (tertiary/aromatic N) is 2. The molecule has 122 valence electrons. The van der Waals surface area contributed by atoms with Gasteiger partial charge < -0.3 is 21.3 Å². The first-order valence-corrected chi connectivity index (χ1v) is 8.33. The van der Waals surface area contributed by atoms with Crippen LogP contribution in [0, 0.1) is 6.92 Å². The minimum absolute atomic E-state index is 0.833. The average Bonchev–Trinajstić information content (AvgIpc) is 2.55. The summed E-state index contributed by atoms with van der Waals surface area (Å²) in [6.45, 7) is 8.43. The Balaban J connectivity index is 1.73. The molecule has 0 spiro atoms. The Morgan fingerprint density at radius 2 is 1.35 bits per heavy atom. The summed E-state index contributed by atoms with van der Waals surface area (Å²) in [5, 5.41) is 0. The van der Waals surface area contributed by atoms with Crippen molar-refractivity contribution < 1.29 is 0 Å². The Morgan fingerprint density at radius 3 is 1.91 bits per heavy atom. The van der Waals surface area contributed by atoms with E-state index in [4.69, 9.17) is 11.5 Å². The number of hydrogen-bond acceptors (Lipinski definition) is 4. The Bertz CT molecular complexity index is 688. The molecule has 4 nitrogen and oxygen atoms in total. The first-order valence-electron chi connectivity index (χ1n) is 8.33. The summed E-state index contributed by atoms with van der Waals surface area (Å²) in [6.07, 6.45) is 1.01. The summed E-state index contributed by atoms with van der Waals surface area (Å²) < 4.78 is 0. The van der Waals surface area contributed by atoms with Gasteiger partial charge in [0.05, 0.1) is 0 Å². The number of rotatable bonds is 3. The second-order valence-corrected chi connectivity index (χ2v) is 6.26. The second-order valence-electron chi connectivity index (χ2n) is 6.26. The standard InChI is InChI=1S/C19H26N4/c1-3-15-13-17(21)5-7-19(15)23-10-8-22(9-11-23)18-6-4-16(20)12-14(18)2/h4-7,12-13H,3,8-11,20-21H2,1-2H3. The number of benzene rings is 2. The largest absolute Gasteiger partial charge is 0.399 e. The van der Waals surface area contributed by atoms with Gasteiger partial charge in [0.2, 0.25) is 0 Å². The Hall–Kier alpha value is -2.36. The second kappa shape index (κ2) is 6.41. The van der Waals surface area contributed by atoms with Gasteiger partial charge in [-0.05, 0) is 60.9 Å². The van der Waals surface area contributed by atoms with Gasteiger partial charge >= 0.3 is 0 Å². The van der Waals surface area contributed by atoms with Crippen molar-refractivity contribution in [2.45, 2.75) is 20.3 Å². The van der Waals surface area contributed by atoms with Crippen LogP contribution in [0.4, 0.5) is 22.7 Å². The van der Waals surface area contributed by atoms with Crippen molar-refractivity contribution in [1.82, 2.24) is 0 Å². The van der Waals surface area contributed by atoms with Crippen molar-refractivity contribution in [2.24, 2.45) is 0 Å². The summed E-state index contributed by atoms with van der Waals surface area (Å²) in [7, 11) is 0. The highest BCUT2D eigenvalue weighted by atomic mass is 15.3. The third-order valence-electron chi connectivity index (χ3n) is 4.67. The zero-order valence-corrected chi connectivity index (χ0v) is 14.0. The average molecular weight is 310 g/mol. The molecular formula is C19H26N4. The number of hydrogen-bond donors (Lipinski definition) is 2. The predicted molar refractivity (Wildman–Crippen MR) is 100 cm³/mol. The molecule has 2 aromatic rings. The van der Waals surface area contributed by atoms with Crippen molar-refractivity contribution >= 4 is 22.7 Å². The summed E-state index contributed by atoms with van der Waals surface area (Å²) in [5.41, 5.74) is 18.7. The Labute approximate surface area is 138 Å². The van der Waals surface area contributed by atoms with Crippen LogP contribution in [-0.2, 0) is 6.42 Å². The van der Waals surface area contributed by atoms with E-state index in [9.17, 15) is 0 Å². The third kappa shape index (κ3) is 3.21. The molecule has 1 saturated heterocycles. The lowest BCUT2D eigenvalue weighted by molar-refractivity contribution is 0.650. The van der Waals surface area contributed by atoms with Gasteiger partial charge in [0.1, 0.15) is 0 Å². The van der Waals surface area contributed by atoms with E-state index in [0.29, 0.717) is 0 Å². The maximum atomic E-state index is 5.92. The van der Waals surface area contributed by atoms with Crippen LogP contribution in [0.2, 0.25) is 0 Å². The molecule has 23 heavy (non-hydrogen) atoms. The van der Waals surface area contributed by atoms with E-state index in [1.54, 1.807) is 0 Å². The molecule has 3 rings (SSSR count). The molecule has 0 saturated carbocycles. The lowest BCUT2D eigenvalue weighted by Crippen LogP contribution is -2.47. The van der Waals surface area contributed by atoms with Crippen molar-refractivity contribution in [3.63, 3.8) is 0 Å². The zero-order chi connectivity index (χ0) is 16.4. The van der Waals surface area contributed by atoms with E-state index in [-0.39, 0.29) is 0 Å². The van der Waals surface area contributed by atoms with Gasteiger partial charge in [-0.1, -0.05) is 6.92 Å². The topological polar surface area (TPSA) is 58.5 Å². The van der Waals surface area contributed by atoms with Crippen LogP contribution in [0.25, 0.3) is 0 Å². The molecule has 0 bridgehead atoms. The monoisotopic (exact) mass is 310 g/mol. The molecule has 1 aliphatic rings. The molecule has 0 aromatic heterocycles. The van der Waals surface area contributed by atoms with Crippen LogP contribution in [0.3, 0.4) is 0 Å². The minimum atomic E-state index is 0.833. The summed E-state index contributed by atoms with van der Waals surface area (Å²) in [4.78, 5) is 4.93. The molecule has 0 atom stereocenters. The third-order valence-corrected chi connectivity index (χ3v) is 4.67. The quantitative estimate of drug-likeness (QED) is 0.856. The molecule has 0 amide bonds. The lowest BCUT2D eigenvalue weighted by atomic mass is 10.1. The first-order chi connectivity index (χ1) is 11.1. The SMILES string of the molecule is CCc1cc(N)ccc1N1CCN(c2ccc(N)cc2C)CC1. The Morgan fingerprint density at radius 1 is 0.826 bits per heavy atom. The summed E-state index contributed by atoms with van der Waals surface area (Å²) in [6, 6.07) is 12.5. The molecule has 1 fully saturated rings. The van der Waals surface area contributed by atoms with E-state index in [0.717, 1.165) is 44.0 Å². The molecule has 4 N–H and O–H groups in total. The normalized spacial score (nSPS) is 15.0. The van der Waals surface area contributed by atoms with E-state index in [2.05, 4.69) is 47.9 Å². The van der Waals surface area contributed by atoms with Crippen LogP contribution in [0.15, 0.2) is 36.4 Å². The van der Waals surface area contributed by atoms with E-state index >= 15 is 0 Å². The molecule has 0 radical (unpaired) electrons. The van der Waals surface area contributed by atoms with Gasteiger partial charge in [-0.2, -0.15) is 0 Å². The van der Waals surface area contributed by atoms with Gasteiger partial charge in [-0.25, -0.2) is 0 Å². The van der Waals surface area contributed by atoms with Crippen molar-refractivity contribution in [2.75, 3.05) is 47.4 Å². The number of anilines is 4. The molecule has 4 heteroatoms. The molecule has 1 heterocycles. The van der Waals surface area contributed by atoms with Crippen molar-refractivity contribution in [3.8, 4) is 0 Å². The van der Waals surface area contributed by atoms with Gasteiger partial charge in [0, 0.05) is 48.9 Å². The summed E-state index contributed by atoms with van der Waals surface area (Å²) >= 11 is 0. The molecule has 1 aliphatic heterocycles. The van der Waals surface area contributed by atoms with E-state index in [1.807, 2.05) is 12.1 Å². The number of nitrogens with two attached hydrogens (primary N) is 2. The number of aryl methyl sites for hydroxylation is 2. The predicted octanol–water partition coefficient (Wildman–Crippen LogP) is 3.05. The fourth-order valence-corrected chi connectivity index (χ4v) is 3.42. The first kappa shape index (κ1) is 15.5. The molecule has 2 aromatic carbocycles. The van der Waals surface area contributed by atoms with Gasteiger partial charge in [0.25, 0.3) is 0 Å². The maximum absolute atomic E-state index is 5.92. The highest BCUT2D eigenvalue weighted by Gasteiger charge is 2.20.